The molecule has 0 spiro atoms. The molecule has 2 fully saturated rings. The molecule has 0 bridgehead atoms. The molecular weight excluding hydrogens is 282 g/mol. The zero-order chi connectivity index (χ0) is 13.6. The molecule has 2 N–H and O–H groups in total. The second-order valence-corrected chi connectivity index (χ2v) is 8.58. The first-order valence-corrected chi connectivity index (χ1v) is 9.25. The first-order chi connectivity index (χ1) is 8.24. The lowest BCUT2D eigenvalue weighted by Gasteiger charge is -2.23. The molecule has 7 nitrogen and oxygen atoms in total. The molecular formula is C9H19O7P2+. The normalized spacial score (nSPS) is 38.6. The Morgan fingerprint density at radius 2 is 2.22 bits per heavy atom. The summed E-state index contributed by atoms with van der Waals surface area (Å²) >= 11 is 0. The molecule has 6 atom stereocenters. The van der Waals surface area contributed by atoms with Crippen LogP contribution in [0.1, 0.15) is 13.3 Å². The second-order valence-electron chi connectivity index (χ2n) is 4.80. The predicted molar refractivity (Wildman–Crippen MR) is 64.9 cm³/mol. The average molecular weight is 301 g/mol. The maximum atomic E-state index is 11.7. The molecule has 2 aliphatic rings. The molecule has 106 valence electrons. The molecule has 9 heteroatoms. The third-order valence-electron chi connectivity index (χ3n) is 3.26. The van der Waals surface area contributed by atoms with Crippen molar-refractivity contribution in [2.24, 2.45) is 11.8 Å². The summed E-state index contributed by atoms with van der Waals surface area (Å²) in [5, 5.41) is 0. The van der Waals surface area contributed by atoms with Crippen LogP contribution < -0.4 is 0 Å². The van der Waals surface area contributed by atoms with Crippen LogP contribution in [0.25, 0.3) is 0 Å². The van der Waals surface area contributed by atoms with Crippen molar-refractivity contribution in [1.29, 1.82) is 0 Å². The van der Waals surface area contributed by atoms with Gasteiger partial charge >= 0.3 is 15.8 Å². The van der Waals surface area contributed by atoms with Gasteiger partial charge in [0.1, 0.15) is 6.66 Å². The largest absolute Gasteiger partial charge is 0.511 e. The molecule has 1 aliphatic carbocycles. The molecule has 1 aliphatic heterocycles. The van der Waals surface area contributed by atoms with Crippen LogP contribution in [0.4, 0.5) is 0 Å². The Morgan fingerprint density at radius 1 is 1.56 bits per heavy atom. The zero-order valence-electron chi connectivity index (χ0n) is 10.6. The lowest BCUT2D eigenvalue weighted by molar-refractivity contribution is -0.0117. The minimum Gasteiger partial charge on any atom is -0.375 e. The van der Waals surface area contributed by atoms with Gasteiger partial charge < -0.3 is 9.63 Å². The van der Waals surface area contributed by atoms with Crippen LogP contribution >= 0.6 is 15.8 Å². The highest BCUT2D eigenvalue weighted by Crippen LogP contribution is 2.66. The molecule has 5 unspecified atom stereocenters. The molecule has 0 aromatic heterocycles. The van der Waals surface area contributed by atoms with Crippen LogP contribution in [-0.2, 0) is 22.7 Å². The Labute approximate surface area is 107 Å². The number of ether oxygens (including phenoxy) is 1. The highest BCUT2D eigenvalue weighted by Gasteiger charge is 2.53. The molecule has 1 saturated heterocycles. The van der Waals surface area contributed by atoms with E-state index in [-0.39, 0.29) is 6.10 Å². The average Bonchev–Trinajstić information content (AvgIpc) is 2.87. The van der Waals surface area contributed by atoms with Crippen molar-refractivity contribution in [1.82, 2.24) is 0 Å². The molecule has 2 rings (SSSR count). The van der Waals surface area contributed by atoms with Crippen LogP contribution in [0.15, 0.2) is 0 Å². The van der Waals surface area contributed by atoms with E-state index in [1.54, 1.807) is 6.92 Å². The summed E-state index contributed by atoms with van der Waals surface area (Å²) in [6.07, 6.45) is 0.345. The highest BCUT2D eigenvalue weighted by atomic mass is 31.3. The quantitative estimate of drug-likeness (QED) is 0.719. The summed E-state index contributed by atoms with van der Waals surface area (Å²) in [6.45, 7) is 3.56. The maximum absolute atomic E-state index is 11.7. The summed E-state index contributed by atoms with van der Waals surface area (Å²) in [5.74, 6) is 0.979. The van der Waals surface area contributed by atoms with Gasteiger partial charge in [0.25, 0.3) is 0 Å². The molecule has 1 heterocycles. The molecule has 0 radical (unpaired) electrons. The van der Waals surface area contributed by atoms with Crippen molar-refractivity contribution in [3.8, 4) is 0 Å². The summed E-state index contributed by atoms with van der Waals surface area (Å²) in [4.78, 5) is 19.1. The van der Waals surface area contributed by atoms with Crippen LogP contribution in [0.2, 0.25) is 0 Å². The Kier molecular flexibility index (Phi) is 4.18. The number of hydrogen-bond acceptors (Lipinski definition) is 6. The lowest BCUT2D eigenvalue weighted by Crippen LogP contribution is -2.27. The van der Waals surface area contributed by atoms with Gasteiger partial charge in [-0.25, -0.2) is 4.57 Å². The first kappa shape index (κ1) is 14.8. The molecule has 0 amide bonds. The summed E-state index contributed by atoms with van der Waals surface area (Å²) < 4.78 is 31.5. The van der Waals surface area contributed by atoms with Gasteiger partial charge in [0.05, 0.1) is 25.9 Å². The SMILES string of the molecule is CO[P+](C)(O)OP(=O)(O)OC(C)[C@H]1OCC2CC21. The van der Waals surface area contributed by atoms with E-state index in [9.17, 15) is 14.4 Å². The van der Waals surface area contributed by atoms with Crippen molar-refractivity contribution in [2.75, 3.05) is 20.4 Å². The smallest absolute Gasteiger partial charge is 0.375 e. The van der Waals surface area contributed by atoms with E-state index in [1.165, 1.54) is 13.8 Å². The van der Waals surface area contributed by atoms with E-state index in [0.717, 1.165) is 6.42 Å². The Hall–Kier alpha value is 0.420. The maximum Gasteiger partial charge on any atom is 0.511 e. The Bertz CT molecular complexity index is 361. The minimum absolute atomic E-state index is 0.176. The van der Waals surface area contributed by atoms with Crippen LogP contribution in [0.3, 0.4) is 0 Å². The molecule has 18 heavy (non-hydrogen) atoms. The third-order valence-corrected chi connectivity index (χ3v) is 6.57. The van der Waals surface area contributed by atoms with E-state index in [4.69, 9.17) is 9.26 Å². The van der Waals surface area contributed by atoms with Crippen molar-refractivity contribution in [2.45, 2.75) is 25.6 Å². The van der Waals surface area contributed by atoms with Gasteiger partial charge in [-0.05, 0) is 25.2 Å². The number of fused-ring (bicyclic) bond motifs is 1. The van der Waals surface area contributed by atoms with E-state index in [1.807, 2.05) is 0 Å². The predicted octanol–water partition coefficient (Wildman–Crippen LogP) is 1.57. The molecule has 0 aromatic carbocycles. The Morgan fingerprint density at radius 3 is 2.67 bits per heavy atom. The number of phosphoric acid groups is 1. The molecule has 0 aromatic rings. The van der Waals surface area contributed by atoms with Crippen molar-refractivity contribution in [3.63, 3.8) is 0 Å². The summed E-state index contributed by atoms with van der Waals surface area (Å²) in [5.41, 5.74) is 0. The van der Waals surface area contributed by atoms with Gasteiger partial charge in [-0.2, -0.15) is 9.42 Å². The topological polar surface area (TPSA) is 94.5 Å². The Balaban J connectivity index is 1.89. The highest BCUT2D eigenvalue weighted by molar-refractivity contribution is 7.68. The van der Waals surface area contributed by atoms with Crippen molar-refractivity contribution < 1.29 is 32.4 Å². The van der Waals surface area contributed by atoms with E-state index < -0.39 is 21.9 Å². The van der Waals surface area contributed by atoms with E-state index in [2.05, 4.69) is 8.83 Å². The monoisotopic (exact) mass is 301 g/mol. The van der Waals surface area contributed by atoms with Crippen LogP contribution in [0, 0.1) is 11.8 Å². The van der Waals surface area contributed by atoms with Crippen LogP contribution in [0.5, 0.6) is 0 Å². The van der Waals surface area contributed by atoms with Gasteiger partial charge in [0.2, 0.25) is 0 Å². The van der Waals surface area contributed by atoms with Crippen LogP contribution in [-0.4, -0.2) is 42.4 Å². The standard InChI is InChI=1S/C9H18O7P2/c1-6(9-8-4-7(8)5-14-9)15-18(11,12)16-17(3,10)13-2/h6-10H,4-5H2,1-3H3/p+1/t6?,7?,8?,9-,17?/m1/s1. The lowest BCUT2D eigenvalue weighted by atomic mass is 10.1. The molecule has 1 saturated carbocycles. The number of phosphoric ester groups is 1. The van der Waals surface area contributed by atoms with Gasteiger partial charge in [-0.1, -0.05) is 4.31 Å². The van der Waals surface area contributed by atoms with Gasteiger partial charge in [0.15, 0.2) is 0 Å². The summed E-state index contributed by atoms with van der Waals surface area (Å²) in [6, 6.07) is 0. The fourth-order valence-corrected chi connectivity index (χ4v) is 4.71. The van der Waals surface area contributed by atoms with E-state index >= 15 is 0 Å². The first-order valence-electron chi connectivity index (χ1n) is 5.73. The van der Waals surface area contributed by atoms with Gasteiger partial charge in [0, 0.05) is 0 Å². The van der Waals surface area contributed by atoms with Crippen molar-refractivity contribution >= 4 is 15.8 Å². The van der Waals surface area contributed by atoms with Gasteiger partial charge in [-0.3, -0.25) is 4.52 Å². The minimum atomic E-state index is -4.35. The number of rotatable bonds is 6. The zero-order valence-corrected chi connectivity index (χ0v) is 12.3. The fourth-order valence-electron chi connectivity index (χ4n) is 2.22. The number of hydrogen-bond donors (Lipinski definition) is 2. The summed E-state index contributed by atoms with van der Waals surface area (Å²) in [7, 11) is -6.47. The second kappa shape index (κ2) is 5.08. The fraction of sp³-hybridized carbons (Fsp3) is 1.00. The third kappa shape index (κ3) is 3.50. The van der Waals surface area contributed by atoms with Gasteiger partial charge in [-0.15, -0.1) is 0 Å². The van der Waals surface area contributed by atoms with Crippen molar-refractivity contribution in [3.05, 3.63) is 0 Å². The van der Waals surface area contributed by atoms with E-state index in [0.29, 0.717) is 18.4 Å².